The maximum atomic E-state index is 10.9. The van der Waals surface area contributed by atoms with Gasteiger partial charge in [0.2, 0.25) is 0 Å². The fraction of sp³-hybridized carbons (Fsp3) is 0.273. The Labute approximate surface area is 87.2 Å². The number of carbonyl (C=O) groups is 1. The number of imidazole rings is 1. The normalized spacial score (nSPS) is 11.1. The Morgan fingerprint density at radius 3 is 2.87 bits per heavy atom. The Kier molecular flexibility index (Phi) is 2.19. The van der Waals surface area contributed by atoms with Gasteiger partial charge in [0.15, 0.2) is 5.65 Å². The number of aromatic carboxylic acids is 1. The van der Waals surface area contributed by atoms with E-state index in [1.165, 1.54) is 0 Å². The van der Waals surface area contributed by atoms with Crippen molar-refractivity contribution >= 4 is 11.6 Å². The van der Waals surface area contributed by atoms with Gasteiger partial charge in [-0.25, -0.2) is 9.78 Å². The molecule has 0 bridgehead atoms. The summed E-state index contributed by atoms with van der Waals surface area (Å²) < 4.78 is 1.75. The first kappa shape index (κ1) is 9.71. The summed E-state index contributed by atoms with van der Waals surface area (Å²) in [5, 5.41) is 8.98. The second-order valence-corrected chi connectivity index (χ2v) is 3.78. The molecule has 2 aromatic heterocycles. The number of hydrogen-bond donors (Lipinski definition) is 1. The van der Waals surface area contributed by atoms with Gasteiger partial charge in [0.25, 0.3) is 0 Å². The fourth-order valence-corrected chi connectivity index (χ4v) is 1.48. The number of rotatable bonds is 2. The number of fused-ring (bicyclic) bond motifs is 1. The zero-order chi connectivity index (χ0) is 11.0. The highest BCUT2D eigenvalue weighted by molar-refractivity contribution is 5.94. The van der Waals surface area contributed by atoms with Gasteiger partial charge in [-0.15, -0.1) is 0 Å². The molecule has 0 spiro atoms. The molecule has 2 aromatic rings. The van der Waals surface area contributed by atoms with Gasteiger partial charge in [-0.3, -0.25) is 0 Å². The first-order valence-corrected chi connectivity index (χ1v) is 4.80. The van der Waals surface area contributed by atoms with Crippen LogP contribution in [0, 0.1) is 0 Å². The van der Waals surface area contributed by atoms with E-state index in [2.05, 4.69) is 4.98 Å². The van der Waals surface area contributed by atoms with Crippen LogP contribution in [0.15, 0.2) is 24.5 Å². The van der Waals surface area contributed by atoms with Crippen LogP contribution in [0.1, 0.15) is 35.8 Å². The smallest absolute Gasteiger partial charge is 0.339 e. The molecule has 78 valence electrons. The molecule has 0 radical (unpaired) electrons. The van der Waals surface area contributed by atoms with Gasteiger partial charge in [-0.05, 0) is 18.1 Å². The van der Waals surface area contributed by atoms with Gasteiger partial charge in [0.1, 0.15) is 5.56 Å². The standard InChI is InChI=1S/C11H12N2O2/c1-7(2)9-6-13-5-3-4-8(11(14)15)10(13)12-9/h3-7H,1-2H3,(H,14,15). The van der Waals surface area contributed by atoms with Gasteiger partial charge in [0, 0.05) is 12.4 Å². The third kappa shape index (κ3) is 1.58. The lowest BCUT2D eigenvalue weighted by Gasteiger charge is -1.96. The van der Waals surface area contributed by atoms with Crippen LogP contribution in [0.5, 0.6) is 0 Å². The molecular formula is C11H12N2O2. The zero-order valence-electron chi connectivity index (χ0n) is 8.64. The predicted octanol–water partition coefficient (Wildman–Crippen LogP) is 2.16. The van der Waals surface area contributed by atoms with Crippen molar-refractivity contribution in [3.05, 3.63) is 35.8 Å². The Morgan fingerprint density at radius 2 is 2.27 bits per heavy atom. The maximum Gasteiger partial charge on any atom is 0.339 e. The molecule has 0 atom stereocenters. The number of carboxylic acid groups (broad SMARTS) is 1. The van der Waals surface area contributed by atoms with E-state index in [0.29, 0.717) is 11.6 Å². The Bertz CT molecular complexity index is 514. The summed E-state index contributed by atoms with van der Waals surface area (Å²) in [6.07, 6.45) is 3.67. The predicted molar refractivity (Wildman–Crippen MR) is 56.2 cm³/mol. The third-order valence-electron chi connectivity index (χ3n) is 2.32. The summed E-state index contributed by atoms with van der Waals surface area (Å²) >= 11 is 0. The number of aromatic nitrogens is 2. The first-order valence-electron chi connectivity index (χ1n) is 4.80. The molecule has 0 saturated carbocycles. The molecule has 0 aliphatic carbocycles. The van der Waals surface area contributed by atoms with Crippen molar-refractivity contribution < 1.29 is 9.90 Å². The van der Waals surface area contributed by atoms with Gasteiger partial charge in [0.05, 0.1) is 5.69 Å². The monoisotopic (exact) mass is 204 g/mol. The second kappa shape index (κ2) is 3.38. The topological polar surface area (TPSA) is 54.6 Å². The largest absolute Gasteiger partial charge is 0.478 e. The van der Waals surface area contributed by atoms with Gasteiger partial charge < -0.3 is 9.51 Å². The van der Waals surface area contributed by atoms with Crippen LogP contribution in [-0.4, -0.2) is 20.5 Å². The average Bonchev–Trinajstić information content (AvgIpc) is 2.60. The minimum Gasteiger partial charge on any atom is -0.478 e. The first-order chi connectivity index (χ1) is 7.09. The molecule has 0 aliphatic rings. The highest BCUT2D eigenvalue weighted by Gasteiger charge is 2.12. The lowest BCUT2D eigenvalue weighted by molar-refractivity contribution is 0.0698. The third-order valence-corrected chi connectivity index (χ3v) is 2.32. The van der Waals surface area contributed by atoms with E-state index in [9.17, 15) is 4.79 Å². The van der Waals surface area contributed by atoms with E-state index in [1.807, 2.05) is 20.0 Å². The number of pyridine rings is 1. The van der Waals surface area contributed by atoms with Crippen molar-refractivity contribution in [3.63, 3.8) is 0 Å². The number of nitrogens with zero attached hydrogens (tertiary/aromatic N) is 2. The quantitative estimate of drug-likeness (QED) is 0.815. The molecule has 0 aliphatic heterocycles. The molecule has 0 saturated heterocycles. The van der Waals surface area contributed by atoms with E-state index in [-0.39, 0.29) is 5.56 Å². The molecule has 0 fully saturated rings. The summed E-state index contributed by atoms with van der Waals surface area (Å²) in [5.74, 6) is -0.645. The molecule has 4 heteroatoms. The molecule has 1 N–H and O–H groups in total. The molecular weight excluding hydrogens is 192 g/mol. The van der Waals surface area contributed by atoms with Crippen molar-refractivity contribution in [1.82, 2.24) is 9.38 Å². The SMILES string of the molecule is CC(C)c1cn2cccc(C(=O)O)c2n1. The minimum atomic E-state index is -0.943. The van der Waals surface area contributed by atoms with Crippen LogP contribution in [-0.2, 0) is 0 Å². The highest BCUT2D eigenvalue weighted by Crippen LogP contribution is 2.16. The van der Waals surface area contributed by atoms with Crippen LogP contribution < -0.4 is 0 Å². The molecule has 2 heterocycles. The van der Waals surface area contributed by atoms with E-state index < -0.39 is 5.97 Å². The summed E-state index contributed by atoms with van der Waals surface area (Å²) in [5.41, 5.74) is 1.65. The summed E-state index contributed by atoms with van der Waals surface area (Å²) in [4.78, 5) is 15.3. The molecule has 0 amide bonds. The summed E-state index contributed by atoms with van der Waals surface area (Å²) in [7, 11) is 0. The van der Waals surface area contributed by atoms with Gasteiger partial charge in [-0.1, -0.05) is 13.8 Å². The van der Waals surface area contributed by atoms with Crippen LogP contribution in [0.4, 0.5) is 0 Å². The fourth-order valence-electron chi connectivity index (χ4n) is 1.48. The van der Waals surface area contributed by atoms with E-state index in [0.717, 1.165) is 5.69 Å². The van der Waals surface area contributed by atoms with Crippen molar-refractivity contribution in [2.45, 2.75) is 19.8 Å². The highest BCUT2D eigenvalue weighted by atomic mass is 16.4. The molecule has 0 aromatic carbocycles. The Balaban J connectivity index is 2.70. The Morgan fingerprint density at radius 1 is 1.53 bits per heavy atom. The van der Waals surface area contributed by atoms with Crippen molar-refractivity contribution in [1.29, 1.82) is 0 Å². The zero-order valence-corrected chi connectivity index (χ0v) is 8.64. The molecule has 15 heavy (non-hydrogen) atoms. The van der Waals surface area contributed by atoms with Crippen LogP contribution in [0.25, 0.3) is 5.65 Å². The number of hydrogen-bond acceptors (Lipinski definition) is 2. The van der Waals surface area contributed by atoms with Crippen LogP contribution >= 0.6 is 0 Å². The summed E-state index contributed by atoms with van der Waals surface area (Å²) in [6.45, 7) is 4.06. The minimum absolute atomic E-state index is 0.240. The van der Waals surface area contributed by atoms with Gasteiger partial charge >= 0.3 is 5.97 Å². The van der Waals surface area contributed by atoms with Crippen molar-refractivity contribution in [3.8, 4) is 0 Å². The Hall–Kier alpha value is -1.84. The summed E-state index contributed by atoms with van der Waals surface area (Å²) in [6, 6.07) is 3.27. The van der Waals surface area contributed by atoms with Crippen LogP contribution in [0.3, 0.4) is 0 Å². The molecule has 0 unspecified atom stereocenters. The van der Waals surface area contributed by atoms with Crippen LogP contribution in [0.2, 0.25) is 0 Å². The van der Waals surface area contributed by atoms with E-state index in [1.54, 1.807) is 22.7 Å². The molecule has 2 rings (SSSR count). The second-order valence-electron chi connectivity index (χ2n) is 3.78. The lowest BCUT2D eigenvalue weighted by atomic mass is 10.2. The lowest BCUT2D eigenvalue weighted by Crippen LogP contribution is -1.99. The van der Waals surface area contributed by atoms with Crippen molar-refractivity contribution in [2.24, 2.45) is 0 Å². The van der Waals surface area contributed by atoms with Crippen molar-refractivity contribution in [2.75, 3.05) is 0 Å². The van der Waals surface area contributed by atoms with Gasteiger partial charge in [-0.2, -0.15) is 0 Å². The van der Waals surface area contributed by atoms with E-state index in [4.69, 9.17) is 5.11 Å². The maximum absolute atomic E-state index is 10.9. The number of carboxylic acids is 1. The van der Waals surface area contributed by atoms with E-state index >= 15 is 0 Å². The average molecular weight is 204 g/mol. The molecule has 4 nitrogen and oxygen atoms in total.